The van der Waals surface area contributed by atoms with Crippen molar-refractivity contribution in [3.05, 3.63) is 48.1 Å². The molecule has 0 bridgehead atoms. The monoisotopic (exact) mass is 371 g/mol. The molecule has 2 rings (SSSR count). The first kappa shape index (κ1) is 18.9. The average Bonchev–Trinajstić information content (AvgIpc) is 2.97. The van der Waals surface area contributed by atoms with Crippen LogP contribution in [-0.2, 0) is 16.0 Å². The van der Waals surface area contributed by atoms with Crippen LogP contribution in [0.1, 0.15) is 18.4 Å². The Hall–Kier alpha value is -2.42. The van der Waals surface area contributed by atoms with Gasteiger partial charge in [0, 0.05) is 37.0 Å². The highest BCUT2D eigenvalue weighted by atomic mass is 32.2. The van der Waals surface area contributed by atoms with E-state index in [9.17, 15) is 21.6 Å². The number of benzene rings is 1. The summed E-state index contributed by atoms with van der Waals surface area (Å²) >= 11 is 0. The maximum atomic E-state index is 13.1. The van der Waals surface area contributed by atoms with Crippen molar-refractivity contribution >= 4 is 21.6 Å². The average molecular weight is 371 g/mol. The molecule has 0 radical (unpaired) electrons. The maximum absolute atomic E-state index is 13.1. The summed E-state index contributed by atoms with van der Waals surface area (Å²) < 4.78 is 63.5. The molecule has 0 spiro atoms. The summed E-state index contributed by atoms with van der Waals surface area (Å²) in [7, 11) is -1.89. The summed E-state index contributed by atoms with van der Waals surface area (Å²) in [6.07, 6.45) is 0.329. The van der Waals surface area contributed by atoms with Gasteiger partial charge in [0.2, 0.25) is 0 Å². The molecule has 1 heterocycles. The zero-order chi connectivity index (χ0) is 18.8. The first-order chi connectivity index (χ1) is 11.6. The minimum Gasteiger partial charge on any atom is -0.299 e. The van der Waals surface area contributed by atoms with Gasteiger partial charge in [0.15, 0.2) is 15.5 Å². The Labute approximate surface area is 143 Å². The van der Waals surface area contributed by atoms with E-state index in [0.717, 1.165) is 12.5 Å². The zero-order valence-electron chi connectivity index (χ0n) is 13.7. The summed E-state index contributed by atoms with van der Waals surface area (Å²) in [6.45, 7) is 1.66. The summed E-state index contributed by atoms with van der Waals surface area (Å²) in [4.78, 5) is 7.59. The lowest BCUT2D eigenvalue weighted by atomic mass is 10.2. The van der Waals surface area contributed by atoms with Gasteiger partial charge in [-0.1, -0.05) is 6.08 Å². The molecule has 0 aliphatic carbocycles. The van der Waals surface area contributed by atoms with E-state index >= 15 is 0 Å². The van der Waals surface area contributed by atoms with Gasteiger partial charge in [-0.05, 0) is 31.2 Å². The standard InChI is InChI=1S/C16H16F3N3O2S/c1-4-11(9-20-2)15-21-14(16(17,18)19)10-22(15)12-5-7-13(8-6-12)25(3,23)24/h4-10H,1-3H3/b11-4+,20-9?. The van der Waals surface area contributed by atoms with Crippen LogP contribution in [0.4, 0.5) is 13.2 Å². The van der Waals surface area contributed by atoms with E-state index in [1.165, 1.54) is 42.1 Å². The van der Waals surface area contributed by atoms with Crippen molar-refractivity contribution in [1.82, 2.24) is 9.55 Å². The van der Waals surface area contributed by atoms with Crippen LogP contribution in [0, 0.1) is 0 Å². The number of halogens is 3. The molecule has 134 valence electrons. The van der Waals surface area contributed by atoms with Crippen LogP contribution in [0.3, 0.4) is 0 Å². The van der Waals surface area contributed by atoms with Gasteiger partial charge in [0.05, 0.1) is 4.90 Å². The molecule has 1 aromatic carbocycles. The topological polar surface area (TPSA) is 64.3 Å². The van der Waals surface area contributed by atoms with Crippen molar-refractivity contribution in [1.29, 1.82) is 0 Å². The lowest BCUT2D eigenvalue weighted by Crippen LogP contribution is -2.05. The fraction of sp³-hybridized carbons (Fsp3) is 0.250. The van der Waals surface area contributed by atoms with E-state index in [-0.39, 0.29) is 10.7 Å². The molecule has 0 saturated heterocycles. The lowest BCUT2D eigenvalue weighted by molar-refractivity contribution is -0.140. The Morgan fingerprint density at radius 3 is 2.28 bits per heavy atom. The molecule has 0 N–H and O–H groups in total. The first-order valence-corrected chi connectivity index (χ1v) is 9.03. The molecule has 0 saturated carbocycles. The van der Waals surface area contributed by atoms with E-state index in [4.69, 9.17) is 0 Å². The van der Waals surface area contributed by atoms with Gasteiger partial charge in [-0.2, -0.15) is 13.2 Å². The van der Waals surface area contributed by atoms with Crippen molar-refractivity contribution < 1.29 is 21.6 Å². The van der Waals surface area contributed by atoms with Crippen LogP contribution in [0.15, 0.2) is 46.4 Å². The van der Waals surface area contributed by atoms with Crippen LogP contribution < -0.4 is 0 Å². The minimum absolute atomic E-state index is 0.0625. The maximum Gasteiger partial charge on any atom is 0.434 e. The third kappa shape index (κ3) is 4.16. The van der Waals surface area contributed by atoms with E-state index in [1.807, 2.05) is 0 Å². The molecule has 0 fully saturated rings. The number of hydrogen-bond acceptors (Lipinski definition) is 4. The number of aromatic nitrogens is 2. The van der Waals surface area contributed by atoms with Crippen LogP contribution in [0.2, 0.25) is 0 Å². The molecule has 0 amide bonds. The third-order valence-electron chi connectivity index (χ3n) is 3.38. The minimum atomic E-state index is -4.60. The van der Waals surface area contributed by atoms with Crippen molar-refractivity contribution in [3.63, 3.8) is 0 Å². The molecular formula is C16H16F3N3O2S. The Kier molecular flexibility index (Phi) is 5.17. The molecule has 0 aliphatic rings. The van der Waals surface area contributed by atoms with E-state index in [1.54, 1.807) is 13.0 Å². The van der Waals surface area contributed by atoms with Crippen LogP contribution in [-0.4, -0.2) is 37.5 Å². The van der Waals surface area contributed by atoms with Gasteiger partial charge in [0.1, 0.15) is 5.82 Å². The number of hydrogen-bond donors (Lipinski definition) is 0. The van der Waals surface area contributed by atoms with Gasteiger partial charge in [0.25, 0.3) is 0 Å². The quantitative estimate of drug-likeness (QED) is 0.774. The lowest BCUT2D eigenvalue weighted by Gasteiger charge is -2.08. The van der Waals surface area contributed by atoms with E-state index < -0.39 is 21.7 Å². The van der Waals surface area contributed by atoms with Crippen molar-refractivity contribution in [3.8, 4) is 5.69 Å². The van der Waals surface area contributed by atoms with Crippen molar-refractivity contribution in [2.75, 3.05) is 13.3 Å². The number of nitrogens with zero attached hydrogens (tertiary/aromatic N) is 3. The molecule has 0 unspecified atom stereocenters. The Morgan fingerprint density at radius 2 is 1.84 bits per heavy atom. The van der Waals surface area contributed by atoms with Gasteiger partial charge < -0.3 is 0 Å². The summed E-state index contributed by atoms with van der Waals surface area (Å²) in [6, 6.07) is 5.53. The van der Waals surface area contributed by atoms with Crippen molar-refractivity contribution in [2.24, 2.45) is 4.99 Å². The zero-order valence-corrected chi connectivity index (χ0v) is 14.6. The smallest absolute Gasteiger partial charge is 0.299 e. The fourth-order valence-corrected chi connectivity index (χ4v) is 2.80. The molecular weight excluding hydrogens is 355 g/mol. The number of alkyl halides is 3. The molecule has 1 aromatic heterocycles. The largest absolute Gasteiger partial charge is 0.434 e. The van der Waals surface area contributed by atoms with Crippen LogP contribution in [0.5, 0.6) is 0 Å². The molecule has 5 nitrogen and oxygen atoms in total. The predicted molar refractivity (Wildman–Crippen MR) is 89.7 cm³/mol. The highest BCUT2D eigenvalue weighted by Crippen LogP contribution is 2.31. The predicted octanol–water partition coefficient (Wildman–Crippen LogP) is 3.40. The number of imidazole rings is 1. The van der Waals surface area contributed by atoms with Crippen LogP contribution >= 0.6 is 0 Å². The van der Waals surface area contributed by atoms with Gasteiger partial charge in [-0.15, -0.1) is 0 Å². The Balaban J connectivity index is 2.65. The summed E-state index contributed by atoms with van der Waals surface area (Å²) in [5.41, 5.74) is -0.280. The van der Waals surface area contributed by atoms with Gasteiger partial charge in [-0.3, -0.25) is 9.56 Å². The number of aliphatic imine (C=N–C) groups is 1. The van der Waals surface area contributed by atoms with Crippen molar-refractivity contribution in [2.45, 2.75) is 18.0 Å². The second kappa shape index (κ2) is 6.83. The number of sulfone groups is 1. The summed E-state index contributed by atoms with van der Waals surface area (Å²) in [5.74, 6) is 0.0625. The Morgan fingerprint density at radius 1 is 1.24 bits per heavy atom. The normalized spacial score (nSPS) is 13.6. The second-order valence-electron chi connectivity index (χ2n) is 5.21. The second-order valence-corrected chi connectivity index (χ2v) is 7.23. The molecule has 9 heteroatoms. The first-order valence-electron chi connectivity index (χ1n) is 7.14. The van der Waals surface area contributed by atoms with Crippen LogP contribution in [0.25, 0.3) is 11.3 Å². The highest BCUT2D eigenvalue weighted by Gasteiger charge is 2.35. The molecule has 25 heavy (non-hydrogen) atoms. The highest BCUT2D eigenvalue weighted by molar-refractivity contribution is 7.90. The number of allylic oxidation sites excluding steroid dienone is 2. The van der Waals surface area contributed by atoms with E-state index in [0.29, 0.717) is 11.3 Å². The van der Waals surface area contributed by atoms with E-state index in [2.05, 4.69) is 9.98 Å². The summed E-state index contributed by atoms with van der Waals surface area (Å²) in [5, 5.41) is 0. The third-order valence-corrected chi connectivity index (χ3v) is 4.51. The number of rotatable bonds is 4. The molecule has 0 atom stereocenters. The fourth-order valence-electron chi connectivity index (χ4n) is 2.17. The SMILES string of the molecule is C/C=C(\C=NC)c1nc(C(F)(F)F)cn1-c1ccc(S(C)(=O)=O)cc1. The Bertz CT molecular complexity index is 925. The molecule has 0 aliphatic heterocycles. The molecule has 2 aromatic rings. The van der Waals surface area contributed by atoms with Gasteiger partial charge >= 0.3 is 6.18 Å². The van der Waals surface area contributed by atoms with Gasteiger partial charge in [-0.25, -0.2) is 13.4 Å².